The topological polar surface area (TPSA) is 52.3 Å². The van der Waals surface area contributed by atoms with Crippen molar-refractivity contribution in [3.05, 3.63) is 71.3 Å². The third-order valence-electron chi connectivity index (χ3n) is 3.99. The summed E-state index contributed by atoms with van der Waals surface area (Å²) in [6.07, 6.45) is 2.78. The Morgan fingerprint density at radius 3 is 2.62 bits per heavy atom. The maximum Gasteiger partial charge on any atom is 0.328 e. The molecule has 1 unspecified atom stereocenters. The van der Waals surface area contributed by atoms with E-state index in [1.807, 2.05) is 48.5 Å². The maximum absolute atomic E-state index is 12.3. The van der Waals surface area contributed by atoms with Gasteiger partial charge in [-0.3, -0.25) is 0 Å². The summed E-state index contributed by atoms with van der Waals surface area (Å²) in [7, 11) is 0. The van der Waals surface area contributed by atoms with Crippen LogP contribution < -0.4 is 5.73 Å². The molecule has 2 aromatic carbocycles. The Kier molecular flexibility index (Phi) is 4.02. The maximum atomic E-state index is 12.3. The molecular formula is C18H19NO2. The van der Waals surface area contributed by atoms with E-state index in [0.29, 0.717) is 0 Å². The fourth-order valence-corrected chi connectivity index (χ4v) is 2.84. The minimum atomic E-state index is -0.722. The molecule has 0 aromatic heterocycles. The molecule has 0 amide bonds. The van der Waals surface area contributed by atoms with E-state index in [2.05, 4.69) is 6.07 Å². The molecule has 3 rings (SSSR count). The molecular weight excluding hydrogens is 262 g/mol. The van der Waals surface area contributed by atoms with Gasteiger partial charge in [-0.15, -0.1) is 0 Å². The van der Waals surface area contributed by atoms with Crippen molar-refractivity contribution in [2.45, 2.75) is 31.4 Å². The third-order valence-corrected chi connectivity index (χ3v) is 3.99. The number of hydrogen-bond acceptors (Lipinski definition) is 3. The Bertz CT molecular complexity index is 624. The normalized spacial score (nSPS) is 18.6. The standard InChI is InChI=1S/C18H19NO2/c19-17(14-8-2-1-3-9-14)18(20)21-16-12-6-10-13-7-4-5-11-15(13)16/h1-5,7-9,11,16-17H,6,10,12,19H2/t16?,17-/m1/s1. The number of fused-ring (bicyclic) bond motifs is 1. The van der Waals surface area contributed by atoms with Crippen molar-refractivity contribution in [1.82, 2.24) is 0 Å². The quantitative estimate of drug-likeness (QED) is 0.878. The van der Waals surface area contributed by atoms with Gasteiger partial charge in [0, 0.05) is 0 Å². The number of nitrogens with two attached hydrogens (primary N) is 1. The van der Waals surface area contributed by atoms with Crippen LogP contribution >= 0.6 is 0 Å². The Morgan fingerprint density at radius 1 is 1.10 bits per heavy atom. The number of carbonyl (C=O) groups excluding carboxylic acids is 1. The highest BCUT2D eigenvalue weighted by molar-refractivity contribution is 5.77. The average Bonchev–Trinajstić information content (AvgIpc) is 2.55. The van der Waals surface area contributed by atoms with Gasteiger partial charge >= 0.3 is 5.97 Å². The van der Waals surface area contributed by atoms with Gasteiger partial charge in [-0.1, -0.05) is 54.6 Å². The predicted molar refractivity (Wildman–Crippen MR) is 81.6 cm³/mol. The molecule has 2 aromatic rings. The molecule has 21 heavy (non-hydrogen) atoms. The van der Waals surface area contributed by atoms with Crippen LogP contribution in [0.15, 0.2) is 54.6 Å². The molecule has 0 fully saturated rings. The summed E-state index contributed by atoms with van der Waals surface area (Å²) in [6, 6.07) is 16.8. The van der Waals surface area contributed by atoms with Crippen molar-refractivity contribution >= 4 is 5.97 Å². The lowest BCUT2D eigenvalue weighted by Gasteiger charge is -2.26. The van der Waals surface area contributed by atoms with Gasteiger partial charge in [-0.05, 0) is 36.0 Å². The summed E-state index contributed by atoms with van der Waals surface area (Å²) in [5, 5.41) is 0. The monoisotopic (exact) mass is 281 g/mol. The van der Waals surface area contributed by atoms with E-state index < -0.39 is 6.04 Å². The van der Waals surface area contributed by atoms with Crippen molar-refractivity contribution < 1.29 is 9.53 Å². The van der Waals surface area contributed by atoms with E-state index in [4.69, 9.17) is 10.5 Å². The van der Waals surface area contributed by atoms with Crippen LogP contribution in [0.4, 0.5) is 0 Å². The molecule has 0 bridgehead atoms. The number of rotatable bonds is 3. The molecule has 0 aliphatic heterocycles. The predicted octanol–water partition coefficient (Wildman–Crippen LogP) is 3.31. The second-order valence-electron chi connectivity index (χ2n) is 5.40. The summed E-state index contributed by atoms with van der Waals surface area (Å²) in [5.41, 5.74) is 9.18. The van der Waals surface area contributed by atoms with Gasteiger partial charge in [0.2, 0.25) is 0 Å². The molecule has 3 heteroatoms. The zero-order valence-corrected chi connectivity index (χ0v) is 11.9. The summed E-state index contributed by atoms with van der Waals surface area (Å²) in [4.78, 5) is 12.3. The molecule has 0 spiro atoms. The van der Waals surface area contributed by atoms with Gasteiger partial charge in [-0.2, -0.15) is 0 Å². The Labute approximate surface area is 124 Å². The first kappa shape index (κ1) is 13.8. The lowest BCUT2D eigenvalue weighted by molar-refractivity contribution is -0.152. The molecule has 3 nitrogen and oxygen atoms in total. The van der Waals surface area contributed by atoms with E-state index >= 15 is 0 Å². The number of carbonyl (C=O) groups is 1. The van der Waals surface area contributed by atoms with Gasteiger partial charge in [0.05, 0.1) is 0 Å². The number of esters is 1. The minimum absolute atomic E-state index is 0.169. The largest absolute Gasteiger partial charge is 0.456 e. The minimum Gasteiger partial charge on any atom is -0.456 e. The average molecular weight is 281 g/mol. The molecule has 1 aliphatic carbocycles. The van der Waals surface area contributed by atoms with Crippen LogP contribution in [0.1, 0.15) is 41.7 Å². The second-order valence-corrected chi connectivity index (χ2v) is 5.40. The van der Waals surface area contributed by atoms with Crippen LogP contribution in [0.25, 0.3) is 0 Å². The first-order valence-electron chi connectivity index (χ1n) is 7.34. The van der Waals surface area contributed by atoms with Crippen molar-refractivity contribution in [2.24, 2.45) is 5.73 Å². The second kappa shape index (κ2) is 6.10. The van der Waals surface area contributed by atoms with Gasteiger partial charge in [-0.25, -0.2) is 4.79 Å². The summed E-state index contributed by atoms with van der Waals surface area (Å²) in [5.74, 6) is -0.358. The van der Waals surface area contributed by atoms with E-state index in [1.165, 1.54) is 5.56 Å². The molecule has 0 heterocycles. The van der Waals surface area contributed by atoms with Crippen LogP contribution in [-0.4, -0.2) is 5.97 Å². The van der Waals surface area contributed by atoms with Gasteiger partial charge < -0.3 is 10.5 Å². The van der Waals surface area contributed by atoms with Crippen LogP contribution in [0.5, 0.6) is 0 Å². The molecule has 0 saturated heterocycles. The van der Waals surface area contributed by atoms with Crippen LogP contribution in [-0.2, 0) is 16.0 Å². The molecule has 2 atom stereocenters. The van der Waals surface area contributed by atoms with Crippen molar-refractivity contribution in [3.8, 4) is 0 Å². The Hall–Kier alpha value is -2.13. The summed E-state index contributed by atoms with van der Waals surface area (Å²) < 4.78 is 5.67. The van der Waals surface area contributed by atoms with Gasteiger partial charge in [0.15, 0.2) is 0 Å². The SMILES string of the molecule is N[C@@H](C(=O)OC1CCCc2ccccc21)c1ccccc1. The first-order chi connectivity index (χ1) is 10.3. The lowest BCUT2D eigenvalue weighted by Crippen LogP contribution is -2.26. The first-order valence-corrected chi connectivity index (χ1v) is 7.34. The molecule has 108 valence electrons. The highest BCUT2D eigenvalue weighted by Gasteiger charge is 2.26. The van der Waals surface area contributed by atoms with Crippen LogP contribution in [0.3, 0.4) is 0 Å². The number of ether oxygens (including phenoxy) is 1. The highest BCUT2D eigenvalue weighted by Crippen LogP contribution is 2.33. The van der Waals surface area contributed by atoms with Crippen molar-refractivity contribution in [1.29, 1.82) is 0 Å². The molecule has 0 saturated carbocycles. The number of aryl methyl sites for hydroxylation is 1. The number of hydrogen-bond donors (Lipinski definition) is 1. The summed E-state index contributed by atoms with van der Waals surface area (Å²) in [6.45, 7) is 0. The molecule has 0 radical (unpaired) electrons. The molecule has 2 N–H and O–H groups in total. The highest BCUT2D eigenvalue weighted by atomic mass is 16.5. The Balaban J connectivity index is 1.74. The fraction of sp³-hybridized carbons (Fsp3) is 0.278. The zero-order valence-electron chi connectivity index (χ0n) is 11.9. The van der Waals surface area contributed by atoms with E-state index in [1.54, 1.807) is 0 Å². The lowest BCUT2D eigenvalue weighted by atomic mass is 9.89. The van der Waals surface area contributed by atoms with Crippen LogP contribution in [0, 0.1) is 0 Å². The van der Waals surface area contributed by atoms with Crippen molar-refractivity contribution in [3.63, 3.8) is 0 Å². The Morgan fingerprint density at radius 2 is 1.81 bits per heavy atom. The summed E-state index contributed by atoms with van der Waals surface area (Å²) >= 11 is 0. The van der Waals surface area contributed by atoms with Gasteiger partial charge in [0.1, 0.15) is 12.1 Å². The smallest absolute Gasteiger partial charge is 0.328 e. The van der Waals surface area contributed by atoms with E-state index in [0.717, 1.165) is 30.4 Å². The van der Waals surface area contributed by atoms with Crippen molar-refractivity contribution in [2.75, 3.05) is 0 Å². The van der Waals surface area contributed by atoms with E-state index in [9.17, 15) is 4.79 Å². The zero-order chi connectivity index (χ0) is 14.7. The van der Waals surface area contributed by atoms with Gasteiger partial charge in [0.25, 0.3) is 0 Å². The third kappa shape index (κ3) is 2.98. The molecule has 1 aliphatic rings. The fourth-order valence-electron chi connectivity index (χ4n) is 2.84. The van der Waals surface area contributed by atoms with E-state index in [-0.39, 0.29) is 12.1 Å². The number of benzene rings is 2. The van der Waals surface area contributed by atoms with Crippen LogP contribution in [0.2, 0.25) is 0 Å².